The third-order valence-corrected chi connectivity index (χ3v) is 7.92. The van der Waals surface area contributed by atoms with Crippen molar-refractivity contribution in [3.63, 3.8) is 0 Å². The van der Waals surface area contributed by atoms with Crippen LogP contribution in [0.3, 0.4) is 0 Å². The van der Waals surface area contributed by atoms with Crippen LogP contribution in [0.5, 0.6) is 0 Å². The van der Waals surface area contributed by atoms with Gasteiger partial charge in [-0.05, 0) is 67.1 Å². The summed E-state index contributed by atoms with van der Waals surface area (Å²) in [5.41, 5.74) is 9.18. The van der Waals surface area contributed by atoms with E-state index in [2.05, 4.69) is 16.7 Å². The number of carbonyl (C=O) groups is 3. The Balaban J connectivity index is 1.27. The van der Waals surface area contributed by atoms with E-state index in [1.54, 1.807) is 4.90 Å². The first-order chi connectivity index (χ1) is 14.5. The van der Waals surface area contributed by atoms with Crippen molar-refractivity contribution >= 4 is 17.7 Å². The molecule has 2 bridgehead atoms. The third-order valence-electron chi connectivity index (χ3n) is 7.92. The fourth-order valence-corrected chi connectivity index (χ4v) is 6.23. The molecule has 4 aliphatic rings. The van der Waals surface area contributed by atoms with Crippen LogP contribution in [0.1, 0.15) is 66.4 Å². The number of hydrogen-bond donors (Lipinski definition) is 3. The van der Waals surface area contributed by atoms with Crippen molar-refractivity contribution in [1.29, 1.82) is 0 Å². The summed E-state index contributed by atoms with van der Waals surface area (Å²) in [6, 6.07) is 5.75. The first-order valence-electron chi connectivity index (χ1n) is 11.2. The highest BCUT2D eigenvalue weighted by Crippen LogP contribution is 2.55. The zero-order chi connectivity index (χ0) is 20.9. The van der Waals surface area contributed by atoms with Crippen molar-refractivity contribution in [2.45, 2.75) is 70.1 Å². The van der Waals surface area contributed by atoms with Gasteiger partial charge in [0.2, 0.25) is 11.8 Å². The number of carbonyl (C=O) groups excluding carboxylic acids is 3. The number of fused-ring (bicyclic) bond motifs is 3. The molecule has 2 aliphatic heterocycles. The number of amides is 3. The Bertz CT molecular complexity index is 890. The van der Waals surface area contributed by atoms with Crippen molar-refractivity contribution in [1.82, 2.24) is 15.5 Å². The smallest absolute Gasteiger partial charge is 0.255 e. The minimum atomic E-state index is -0.567. The summed E-state index contributed by atoms with van der Waals surface area (Å²) in [7, 11) is 0. The number of piperidine rings is 1. The van der Waals surface area contributed by atoms with Crippen molar-refractivity contribution in [3.05, 3.63) is 34.9 Å². The van der Waals surface area contributed by atoms with Gasteiger partial charge < -0.3 is 16.0 Å². The molecule has 160 valence electrons. The number of imide groups is 1. The fraction of sp³-hybridized carbons (Fsp3) is 0.609. The lowest BCUT2D eigenvalue weighted by Crippen LogP contribution is -2.52. The molecule has 2 saturated carbocycles. The molecule has 1 aromatic carbocycles. The topological polar surface area (TPSA) is 105 Å². The van der Waals surface area contributed by atoms with E-state index in [4.69, 9.17) is 5.73 Å². The highest BCUT2D eigenvalue weighted by molar-refractivity contribution is 6.05. The molecule has 4 N–H and O–H groups in total. The molecule has 1 aromatic rings. The van der Waals surface area contributed by atoms with Gasteiger partial charge in [0.15, 0.2) is 0 Å². The lowest BCUT2D eigenvalue weighted by Gasteiger charge is -2.36. The molecule has 0 aromatic heterocycles. The van der Waals surface area contributed by atoms with Gasteiger partial charge in [-0.1, -0.05) is 12.1 Å². The van der Waals surface area contributed by atoms with Gasteiger partial charge in [0.05, 0.1) is 0 Å². The maximum Gasteiger partial charge on any atom is 0.255 e. The van der Waals surface area contributed by atoms with Gasteiger partial charge in [0.1, 0.15) is 6.04 Å². The summed E-state index contributed by atoms with van der Waals surface area (Å²) < 4.78 is 0. The largest absolute Gasteiger partial charge is 0.329 e. The van der Waals surface area contributed by atoms with E-state index in [9.17, 15) is 14.4 Å². The van der Waals surface area contributed by atoms with Crippen molar-refractivity contribution < 1.29 is 14.4 Å². The Kier molecular flexibility index (Phi) is 4.90. The monoisotopic (exact) mass is 410 g/mol. The Morgan fingerprint density at radius 1 is 1.20 bits per heavy atom. The van der Waals surface area contributed by atoms with Crippen LogP contribution in [0.15, 0.2) is 18.2 Å². The Morgan fingerprint density at radius 2 is 2.00 bits per heavy atom. The van der Waals surface area contributed by atoms with Gasteiger partial charge in [0.25, 0.3) is 5.91 Å². The van der Waals surface area contributed by atoms with Gasteiger partial charge in [0, 0.05) is 37.7 Å². The number of nitrogens with one attached hydrogen (secondary N) is 2. The molecule has 2 atom stereocenters. The molecule has 0 spiro atoms. The van der Waals surface area contributed by atoms with E-state index in [1.807, 2.05) is 12.1 Å². The summed E-state index contributed by atoms with van der Waals surface area (Å²) in [6.45, 7) is 1.75. The second-order valence-electron chi connectivity index (χ2n) is 9.57. The van der Waals surface area contributed by atoms with Crippen LogP contribution in [-0.2, 0) is 22.7 Å². The number of hydrogen-bond acceptors (Lipinski definition) is 5. The fourth-order valence-electron chi connectivity index (χ4n) is 6.23. The van der Waals surface area contributed by atoms with Crippen LogP contribution in [0, 0.1) is 11.3 Å². The third kappa shape index (κ3) is 3.24. The van der Waals surface area contributed by atoms with Gasteiger partial charge in [-0.15, -0.1) is 0 Å². The summed E-state index contributed by atoms with van der Waals surface area (Å²) in [5.74, 6) is 0.130. The average molecular weight is 411 g/mol. The van der Waals surface area contributed by atoms with Gasteiger partial charge in [-0.25, -0.2) is 0 Å². The lowest BCUT2D eigenvalue weighted by molar-refractivity contribution is -0.136. The number of benzene rings is 1. The Morgan fingerprint density at radius 3 is 2.67 bits per heavy atom. The van der Waals surface area contributed by atoms with Crippen LogP contribution in [0.4, 0.5) is 0 Å². The minimum absolute atomic E-state index is 0.121. The maximum absolute atomic E-state index is 13.0. The second kappa shape index (κ2) is 7.46. The highest BCUT2D eigenvalue weighted by atomic mass is 16.2. The van der Waals surface area contributed by atoms with Crippen molar-refractivity contribution in [3.8, 4) is 0 Å². The van der Waals surface area contributed by atoms with Crippen LogP contribution in [0.25, 0.3) is 0 Å². The van der Waals surface area contributed by atoms with Gasteiger partial charge in [-0.2, -0.15) is 0 Å². The quantitative estimate of drug-likeness (QED) is 0.616. The molecule has 7 nitrogen and oxygen atoms in total. The molecule has 5 rings (SSSR count). The van der Waals surface area contributed by atoms with Crippen LogP contribution >= 0.6 is 0 Å². The van der Waals surface area contributed by atoms with Crippen LogP contribution in [0.2, 0.25) is 0 Å². The molecule has 2 heterocycles. The van der Waals surface area contributed by atoms with Crippen LogP contribution in [-0.4, -0.2) is 41.2 Å². The van der Waals surface area contributed by atoms with Crippen LogP contribution < -0.4 is 16.4 Å². The lowest BCUT2D eigenvalue weighted by atomic mass is 9.77. The van der Waals surface area contributed by atoms with Crippen molar-refractivity contribution in [2.75, 3.05) is 6.54 Å². The molecule has 2 unspecified atom stereocenters. The first kappa shape index (κ1) is 19.7. The Hall–Kier alpha value is -2.25. The molecule has 30 heavy (non-hydrogen) atoms. The Labute approximate surface area is 176 Å². The first-order valence-corrected chi connectivity index (χ1v) is 11.2. The number of nitrogens with two attached hydrogens (primary N) is 1. The van der Waals surface area contributed by atoms with E-state index >= 15 is 0 Å². The number of nitrogens with zero attached hydrogens (tertiary/aromatic N) is 1. The van der Waals surface area contributed by atoms with E-state index in [0.717, 1.165) is 17.0 Å². The van der Waals surface area contributed by atoms with E-state index in [0.29, 0.717) is 43.1 Å². The molecule has 2 aliphatic carbocycles. The van der Waals surface area contributed by atoms with E-state index in [1.165, 1.54) is 32.1 Å². The van der Waals surface area contributed by atoms with E-state index in [-0.39, 0.29) is 24.1 Å². The second-order valence-corrected chi connectivity index (χ2v) is 9.57. The predicted molar refractivity (Wildman–Crippen MR) is 111 cm³/mol. The molecular weight excluding hydrogens is 380 g/mol. The molecule has 3 fully saturated rings. The minimum Gasteiger partial charge on any atom is -0.329 e. The van der Waals surface area contributed by atoms with Gasteiger partial charge >= 0.3 is 0 Å². The number of rotatable bonds is 6. The summed E-state index contributed by atoms with van der Waals surface area (Å²) in [5, 5.41) is 6.04. The zero-order valence-corrected chi connectivity index (χ0v) is 17.3. The standard InChI is InChI=1S/C23H30N4O3/c24-11-19(23-7-5-14(10-23)6-8-23)25-12-15-1-2-16-13-27(22(30)17(16)9-15)18-3-4-20(28)26-21(18)29/h1-2,9,14,18-19,25H,3-8,10-13,24H2,(H,26,28,29). The SMILES string of the molecule is NCC(NCc1ccc2c(c1)C(=O)N(C1CCC(=O)NC1=O)C2)C12CCC(CC1)C2. The van der Waals surface area contributed by atoms with E-state index < -0.39 is 6.04 Å². The molecule has 1 saturated heterocycles. The molecular formula is C23H30N4O3. The summed E-state index contributed by atoms with van der Waals surface area (Å²) in [6.07, 6.45) is 7.18. The summed E-state index contributed by atoms with van der Waals surface area (Å²) in [4.78, 5) is 38.2. The average Bonchev–Trinajstić information content (AvgIpc) is 3.43. The normalized spacial score (nSPS) is 31.2. The van der Waals surface area contributed by atoms with Gasteiger partial charge in [-0.3, -0.25) is 19.7 Å². The summed E-state index contributed by atoms with van der Waals surface area (Å²) >= 11 is 0. The molecule has 0 radical (unpaired) electrons. The molecule has 3 amide bonds. The molecule has 7 heteroatoms. The maximum atomic E-state index is 13.0. The zero-order valence-electron chi connectivity index (χ0n) is 17.3. The van der Waals surface area contributed by atoms with Crippen molar-refractivity contribution in [2.24, 2.45) is 17.1 Å². The predicted octanol–water partition coefficient (Wildman–Crippen LogP) is 1.44. The highest BCUT2D eigenvalue weighted by Gasteiger charge is 2.49.